The largest absolute Gasteiger partial charge is 0.296 e. The van der Waals surface area contributed by atoms with E-state index < -0.39 is 29.5 Å². The fraction of sp³-hybridized carbons (Fsp3) is 0.286. The van der Waals surface area contributed by atoms with Crippen molar-refractivity contribution in [2.45, 2.75) is 12.8 Å². The number of hydrogen-bond donors (Lipinski definition) is 1. The summed E-state index contributed by atoms with van der Waals surface area (Å²) in [6.07, 6.45) is 0.454. The third kappa shape index (κ3) is 2.40. The molecule has 1 aromatic carbocycles. The molecule has 0 spiro atoms. The molecule has 2 aliphatic rings. The first-order valence-corrected chi connectivity index (χ1v) is 7.65. The number of nitrogens with one attached hydrogen (secondary N) is 1. The quantitative estimate of drug-likeness (QED) is 0.578. The fourth-order valence-corrected chi connectivity index (χ4v) is 3.05. The number of fused-ring (bicyclic) bond motifs is 1. The molecular formula is C14H10FIN2O4. The molecule has 3 rings (SSSR count). The standard InChI is InChI=1S/C14H10FIN2O4/c15-9-3-7-8(4-10(9)16)14(22)18(13(7)21)5-6-1-2-11(19)17-12(6)20/h3-4,6H,1-2,5H2,(H,17,19,20). The molecule has 0 aromatic heterocycles. The highest BCUT2D eigenvalue weighted by molar-refractivity contribution is 14.1. The minimum absolute atomic E-state index is 0.00945. The van der Waals surface area contributed by atoms with Crippen molar-refractivity contribution in [2.24, 2.45) is 5.92 Å². The van der Waals surface area contributed by atoms with E-state index in [0.717, 1.165) is 11.0 Å². The molecule has 114 valence electrons. The van der Waals surface area contributed by atoms with Crippen molar-refractivity contribution in [3.05, 3.63) is 32.6 Å². The number of halogens is 2. The number of imide groups is 2. The molecule has 4 amide bonds. The van der Waals surface area contributed by atoms with E-state index in [1.165, 1.54) is 6.07 Å². The second-order valence-corrected chi connectivity index (χ2v) is 6.34. The minimum Gasteiger partial charge on any atom is -0.296 e. The van der Waals surface area contributed by atoms with Gasteiger partial charge in [0.15, 0.2) is 0 Å². The Labute approximate surface area is 138 Å². The number of amides is 4. The lowest BCUT2D eigenvalue weighted by Gasteiger charge is -2.24. The van der Waals surface area contributed by atoms with Gasteiger partial charge in [0.05, 0.1) is 17.0 Å². The Morgan fingerprint density at radius 2 is 1.82 bits per heavy atom. The molecule has 1 saturated heterocycles. The number of piperidine rings is 1. The van der Waals surface area contributed by atoms with E-state index in [0.29, 0.717) is 0 Å². The second-order valence-electron chi connectivity index (χ2n) is 5.18. The van der Waals surface area contributed by atoms with Crippen molar-refractivity contribution < 1.29 is 23.6 Å². The van der Waals surface area contributed by atoms with Crippen molar-refractivity contribution in [1.82, 2.24) is 10.2 Å². The zero-order valence-corrected chi connectivity index (χ0v) is 13.3. The molecule has 1 fully saturated rings. The van der Waals surface area contributed by atoms with Gasteiger partial charge in [0, 0.05) is 16.5 Å². The summed E-state index contributed by atoms with van der Waals surface area (Å²) in [5, 5.41) is 2.18. The molecule has 1 unspecified atom stereocenters. The topological polar surface area (TPSA) is 83.6 Å². The highest BCUT2D eigenvalue weighted by Gasteiger charge is 2.39. The lowest BCUT2D eigenvalue weighted by atomic mass is 9.97. The number of rotatable bonds is 2. The first kappa shape index (κ1) is 15.1. The Morgan fingerprint density at radius 3 is 2.45 bits per heavy atom. The number of carbonyl (C=O) groups is 4. The fourth-order valence-electron chi connectivity index (χ4n) is 2.58. The average molecular weight is 416 g/mol. The molecule has 2 heterocycles. The van der Waals surface area contributed by atoms with Crippen LogP contribution in [0.4, 0.5) is 4.39 Å². The Kier molecular flexibility index (Phi) is 3.71. The minimum atomic E-state index is -0.621. The van der Waals surface area contributed by atoms with E-state index in [2.05, 4.69) is 5.32 Å². The lowest BCUT2D eigenvalue weighted by Crippen LogP contribution is -2.46. The van der Waals surface area contributed by atoms with Gasteiger partial charge >= 0.3 is 0 Å². The predicted octanol–water partition coefficient (Wildman–Crippen LogP) is 1.08. The number of hydrogen-bond acceptors (Lipinski definition) is 4. The van der Waals surface area contributed by atoms with Gasteiger partial charge in [0.25, 0.3) is 11.8 Å². The first-order valence-electron chi connectivity index (χ1n) is 6.57. The van der Waals surface area contributed by atoms with Crippen LogP contribution in [0.5, 0.6) is 0 Å². The summed E-state index contributed by atoms with van der Waals surface area (Å²) in [4.78, 5) is 48.4. The zero-order valence-electron chi connectivity index (χ0n) is 11.2. The van der Waals surface area contributed by atoms with Gasteiger partial charge in [-0.1, -0.05) is 0 Å². The molecule has 1 atom stereocenters. The molecule has 0 aliphatic carbocycles. The SMILES string of the molecule is O=C1CCC(CN2C(=O)c3cc(F)c(I)cc3C2=O)C(=O)N1. The lowest BCUT2D eigenvalue weighted by molar-refractivity contribution is -0.136. The molecular weight excluding hydrogens is 406 g/mol. The van der Waals surface area contributed by atoms with Gasteiger partial charge in [0.2, 0.25) is 11.8 Å². The van der Waals surface area contributed by atoms with Crippen LogP contribution in [0.2, 0.25) is 0 Å². The Hall–Kier alpha value is -1.84. The molecule has 2 aliphatic heterocycles. The van der Waals surface area contributed by atoms with Crippen molar-refractivity contribution in [3.63, 3.8) is 0 Å². The van der Waals surface area contributed by atoms with Crippen LogP contribution >= 0.6 is 22.6 Å². The number of nitrogens with zero attached hydrogens (tertiary/aromatic N) is 1. The van der Waals surface area contributed by atoms with Crippen LogP contribution in [0.3, 0.4) is 0 Å². The van der Waals surface area contributed by atoms with E-state index in [-0.39, 0.29) is 40.0 Å². The molecule has 0 saturated carbocycles. The van der Waals surface area contributed by atoms with Crippen LogP contribution in [-0.4, -0.2) is 35.1 Å². The summed E-state index contributed by atoms with van der Waals surface area (Å²) in [5.41, 5.74) is 0.151. The van der Waals surface area contributed by atoms with Gasteiger partial charge < -0.3 is 0 Å². The van der Waals surface area contributed by atoms with Crippen LogP contribution in [0.15, 0.2) is 12.1 Å². The molecule has 8 heteroatoms. The van der Waals surface area contributed by atoms with Crippen LogP contribution < -0.4 is 5.32 Å². The number of carbonyl (C=O) groups excluding carboxylic acids is 4. The summed E-state index contributed by atoms with van der Waals surface area (Å²) in [7, 11) is 0. The predicted molar refractivity (Wildman–Crippen MR) is 80.4 cm³/mol. The van der Waals surface area contributed by atoms with Gasteiger partial charge in [0.1, 0.15) is 5.82 Å². The Morgan fingerprint density at radius 1 is 1.18 bits per heavy atom. The monoisotopic (exact) mass is 416 g/mol. The third-order valence-corrected chi connectivity index (χ3v) is 4.59. The van der Waals surface area contributed by atoms with Crippen molar-refractivity contribution in [3.8, 4) is 0 Å². The molecule has 1 N–H and O–H groups in total. The van der Waals surface area contributed by atoms with E-state index in [1.807, 2.05) is 0 Å². The van der Waals surface area contributed by atoms with E-state index in [9.17, 15) is 23.6 Å². The zero-order chi connectivity index (χ0) is 16.0. The Balaban J connectivity index is 1.85. The summed E-state index contributed by atoms with van der Waals surface area (Å²) < 4.78 is 13.8. The second kappa shape index (κ2) is 5.41. The van der Waals surface area contributed by atoms with E-state index >= 15 is 0 Å². The van der Waals surface area contributed by atoms with Crippen molar-refractivity contribution in [1.29, 1.82) is 0 Å². The van der Waals surface area contributed by atoms with Gasteiger partial charge in [-0.2, -0.15) is 0 Å². The van der Waals surface area contributed by atoms with Gasteiger partial charge in [-0.25, -0.2) is 4.39 Å². The summed E-state index contributed by atoms with van der Waals surface area (Å²) in [5.74, 6) is -3.19. The molecule has 22 heavy (non-hydrogen) atoms. The summed E-state index contributed by atoms with van der Waals surface area (Å²) in [6, 6.07) is 2.37. The third-order valence-electron chi connectivity index (χ3n) is 3.77. The van der Waals surface area contributed by atoms with Gasteiger partial charge in [-0.15, -0.1) is 0 Å². The highest BCUT2D eigenvalue weighted by atomic mass is 127. The highest BCUT2D eigenvalue weighted by Crippen LogP contribution is 2.28. The first-order chi connectivity index (χ1) is 10.4. The van der Waals surface area contributed by atoms with Gasteiger partial charge in [-0.05, 0) is 41.1 Å². The van der Waals surface area contributed by atoms with E-state index in [4.69, 9.17) is 0 Å². The maximum absolute atomic E-state index is 13.6. The van der Waals surface area contributed by atoms with Crippen LogP contribution in [0.25, 0.3) is 0 Å². The maximum atomic E-state index is 13.6. The summed E-state index contributed by atoms with van der Waals surface area (Å²) in [6.45, 7) is -0.107. The van der Waals surface area contributed by atoms with Gasteiger partial charge in [-0.3, -0.25) is 29.4 Å². The van der Waals surface area contributed by atoms with Crippen molar-refractivity contribution >= 4 is 46.2 Å². The molecule has 1 aromatic rings. The smallest absolute Gasteiger partial charge is 0.261 e. The molecule has 0 bridgehead atoms. The van der Waals surface area contributed by atoms with Crippen LogP contribution in [-0.2, 0) is 9.59 Å². The van der Waals surface area contributed by atoms with Crippen LogP contribution in [0.1, 0.15) is 33.6 Å². The molecule has 0 radical (unpaired) electrons. The number of benzene rings is 1. The van der Waals surface area contributed by atoms with E-state index in [1.54, 1.807) is 22.6 Å². The average Bonchev–Trinajstić information content (AvgIpc) is 2.67. The van der Waals surface area contributed by atoms with Crippen molar-refractivity contribution in [2.75, 3.05) is 6.54 Å². The normalized spacial score (nSPS) is 21.2. The molecule has 6 nitrogen and oxygen atoms in total. The van der Waals surface area contributed by atoms with Crippen LogP contribution in [0, 0.1) is 15.3 Å². The Bertz CT molecular complexity index is 693. The maximum Gasteiger partial charge on any atom is 0.261 e. The summed E-state index contributed by atoms with van der Waals surface area (Å²) >= 11 is 1.74.